The van der Waals surface area contributed by atoms with Crippen molar-refractivity contribution in [1.82, 2.24) is 4.90 Å². The number of hydrogen-bond donors (Lipinski definition) is 1. The Balaban J connectivity index is 1.96. The summed E-state index contributed by atoms with van der Waals surface area (Å²) in [6, 6.07) is 5.70. The lowest BCUT2D eigenvalue weighted by molar-refractivity contribution is 0.0918. The van der Waals surface area contributed by atoms with Crippen molar-refractivity contribution in [2.75, 3.05) is 40.5 Å². The summed E-state index contributed by atoms with van der Waals surface area (Å²) >= 11 is 6.34. The van der Waals surface area contributed by atoms with Crippen LogP contribution in [0.25, 0.3) is 0 Å². The average molecular weight is 313 g/mol. The van der Waals surface area contributed by atoms with Gasteiger partial charge in [-0.15, -0.1) is 0 Å². The third kappa shape index (κ3) is 4.58. The second kappa shape index (κ2) is 7.99. The number of nitrogens with zero attached hydrogens (tertiary/aromatic N) is 1. The first-order chi connectivity index (χ1) is 10.2. The summed E-state index contributed by atoms with van der Waals surface area (Å²) < 4.78 is 11.1. The molecule has 1 unspecified atom stereocenters. The van der Waals surface area contributed by atoms with Crippen LogP contribution >= 0.6 is 11.6 Å². The Bertz CT molecular complexity index is 452. The van der Waals surface area contributed by atoms with Gasteiger partial charge in [-0.25, -0.2) is 0 Å². The Kier molecular flexibility index (Phi) is 6.30. The van der Waals surface area contributed by atoms with Crippen molar-refractivity contribution >= 4 is 11.6 Å². The number of rotatable bonds is 9. The van der Waals surface area contributed by atoms with Gasteiger partial charge in [-0.3, -0.25) is 4.90 Å². The first kappa shape index (κ1) is 16.6. The molecule has 21 heavy (non-hydrogen) atoms. The van der Waals surface area contributed by atoms with E-state index in [0.717, 1.165) is 37.0 Å². The van der Waals surface area contributed by atoms with Crippen LogP contribution in [0.4, 0.5) is 0 Å². The van der Waals surface area contributed by atoms with Gasteiger partial charge in [-0.05, 0) is 37.9 Å². The Labute approximate surface area is 132 Å². The Morgan fingerprint density at radius 2 is 2.19 bits per heavy atom. The number of likely N-dealkylation sites (N-methyl/N-ethyl adjacent to an activating group) is 1. The van der Waals surface area contributed by atoms with Crippen molar-refractivity contribution in [3.63, 3.8) is 0 Å². The molecule has 0 heterocycles. The van der Waals surface area contributed by atoms with Crippen LogP contribution in [-0.2, 0) is 4.74 Å². The van der Waals surface area contributed by atoms with E-state index < -0.39 is 0 Å². The maximum atomic E-state index is 6.34. The Morgan fingerprint density at radius 1 is 1.43 bits per heavy atom. The quantitative estimate of drug-likeness (QED) is 0.712. The second-order valence-electron chi connectivity index (χ2n) is 5.61. The van der Waals surface area contributed by atoms with Crippen LogP contribution in [0.3, 0.4) is 0 Å². The zero-order chi connectivity index (χ0) is 15.2. The van der Waals surface area contributed by atoms with Crippen molar-refractivity contribution < 1.29 is 9.47 Å². The fraction of sp³-hybridized carbons (Fsp3) is 0.625. The maximum Gasteiger partial charge on any atom is 0.125 e. The summed E-state index contributed by atoms with van der Waals surface area (Å²) in [6.45, 7) is 2.91. The molecule has 1 saturated carbocycles. The highest BCUT2D eigenvalue weighted by Crippen LogP contribution is 2.34. The summed E-state index contributed by atoms with van der Waals surface area (Å²) in [5, 5.41) is 0.690. The standard InChI is InChI=1S/C16H25ClN2O2/c1-19(8-9-21-11-12-6-7-12)14(10-18)16-13(17)4-3-5-15(16)20-2/h3-5,12,14H,6-11,18H2,1-2H3. The van der Waals surface area contributed by atoms with Gasteiger partial charge in [0.25, 0.3) is 0 Å². The topological polar surface area (TPSA) is 47.7 Å². The predicted molar refractivity (Wildman–Crippen MR) is 86.0 cm³/mol. The van der Waals surface area contributed by atoms with Gasteiger partial charge in [-0.2, -0.15) is 0 Å². The van der Waals surface area contributed by atoms with Gasteiger partial charge in [0.05, 0.1) is 19.8 Å². The highest BCUT2D eigenvalue weighted by Gasteiger charge is 2.23. The highest BCUT2D eigenvalue weighted by atomic mass is 35.5. The first-order valence-corrected chi connectivity index (χ1v) is 7.85. The van der Waals surface area contributed by atoms with Crippen molar-refractivity contribution in [3.8, 4) is 5.75 Å². The summed E-state index contributed by atoms with van der Waals surface area (Å²) in [7, 11) is 3.70. The van der Waals surface area contributed by atoms with Crippen LogP contribution in [0.15, 0.2) is 18.2 Å². The number of ether oxygens (including phenoxy) is 2. The van der Waals surface area contributed by atoms with E-state index in [0.29, 0.717) is 11.6 Å². The third-order valence-electron chi connectivity index (χ3n) is 3.96. The second-order valence-corrected chi connectivity index (χ2v) is 6.01. The lowest BCUT2D eigenvalue weighted by Crippen LogP contribution is -2.33. The van der Waals surface area contributed by atoms with Crippen LogP contribution in [0, 0.1) is 5.92 Å². The molecular formula is C16H25ClN2O2. The van der Waals surface area contributed by atoms with E-state index in [-0.39, 0.29) is 6.04 Å². The van der Waals surface area contributed by atoms with Crippen LogP contribution in [0.2, 0.25) is 5.02 Å². The van der Waals surface area contributed by atoms with Gasteiger partial charge in [0.15, 0.2) is 0 Å². The summed E-state index contributed by atoms with van der Waals surface area (Å²) in [5.41, 5.74) is 6.92. The molecule has 2 rings (SSSR count). The summed E-state index contributed by atoms with van der Waals surface area (Å²) in [4.78, 5) is 2.18. The molecule has 0 amide bonds. The molecule has 2 N–H and O–H groups in total. The maximum absolute atomic E-state index is 6.34. The first-order valence-electron chi connectivity index (χ1n) is 7.47. The largest absolute Gasteiger partial charge is 0.496 e. The van der Waals surface area contributed by atoms with Crippen molar-refractivity contribution in [3.05, 3.63) is 28.8 Å². The predicted octanol–water partition coefficient (Wildman–Crippen LogP) is 2.71. The minimum Gasteiger partial charge on any atom is -0.496 e. The molecule has 0 saturated heterocycles. The molecular weight excluding hydrogens is 288 g/mol. The fourth-order valence-electron chi connectivity index (χ4n) is 2.44. The number of methoxy groups -OCH3 is 1. The van der Waals surface area contributed by atoms with E-state index in [1.165, 1.54) is 12.8 Å². The van der Waals surface area contributed by atoms with Gasteiger partial charge < -0.3 is 15.2 Å². The van der Waals surface area contributed by atoms with Gasteiger partial charge in [0.1, 0.15) is 5.75 Å². The molecule has 0 radical (unpaired) electrons. The molecule has 1 aliphatic carbocycles. The van der Waals surface area contributed by atoms with Crippen LogP contribution in [-0.4, -0.2) is 45.4 Å². The molecule has 4 nitrogen and oxygen atoms in total. The number of hydrogen-bond acceptors (Lipinski definition) is 4. The number of nitrogens with two attached hydrogens (primary N) is 1. The molecule has 0 spiro atoms. The Morgan fingerprint density at radius 3 is 2.81 bits per heavy atom. The van der Waals surface area contributed by atoms with Crippen molar-refractivity contribution in [2.45, 2.75) is 18.9 Å². The lowest BCUT2D eigenvalue weighted by Gasteiger charge is -2.29. The highest BCUT2D eigenvalue weighted by molar-refractivity contribution is 6.31. The fourth-order valence-corrected chi connectivity index (χ4v) is 2.73. The minimum absolute atomic E-state index is 0.0261. The van der Waals surface area contributed by atoms with Crippen LogP contribution in [0.1, 0.15) is 24.4 Å². The Hall–Kier alpha value is -0.810. The van der Waals surface area contributed by atoms with E-state index in [9.17, 15) is 0 Å². The molecule has 1 aromatic rings. The zero-order valence-electron chi connectivity index (χ0n) is 12.8. The molecule has 1 aliphatic rings. The smallest absolute Gasteiger partial charge is 0.125 e. The monoisotopic (exact) mass is 312 g/mol. The van der Waals surface area contributed by atoms with Crippen molar-refractivity contribution in [2.24, 2.45) is 11.7 Å². The number of benzene rings is 1. The average Bonchev–Trinajstić information content (AvgIpc) is 3.30. The van der Waals surface area contributed by atoms with E-state index in [1.807, 2.05) is 25.2 Å². The third-order valence-corrected chi connectivity index (χ3v) is 4.29. The molecule has 5 heteroatoms. The molecule has 1 fully saturated rings. The summed E-state index contributed by atoms with van der Waals surface area (Å²) in [5.74, 6) is 1.58. The van der Waals surface area contributed by atoms with E-state index in [1.54, 1.807) is 7.11 Å². The van der Waals surface area contributed by atoms with Crippen LogP contribution < -0.4 is 10.5 Å². The number of halogens is 1. The van der Waals surface area contributed by atoms with Crippen molar-refractivity contribution in [1.29, 1.82) is 0 Å². The molecule has 0 aliphatic heterocycles. The van der Waals surface area contributed by atoms with Gasteiger partial charge in [0, 0.05) is 30.3 Å². The van der Waals surface area contributed by atoms with Gasteiger partial charge in [0.2, 0.25) is 0 Å². The molecule has 0 aromatic heterocycles. The van der Waals surface area contributed by atoms with E-state index in [2.05, 4.69) is 4.90 Å². The molecule has 1 atom stereocenters. The van der Waals surface area contributed by atoms with Crippen LogP contribution in [0.5, 0.6) is 5.75 Å². The van der Waals surface area contributed by atoms with Gasteiger partial charge in [-0.1, -0.05) is 17.7 Å². The summed E-state index contributed by atoms with van der Waals surface area (Å²) in [6.07, 6.45) is 2.64. The lowest BCUT2D eigenvalue weighted by atomic mass is 10.0. The van der Waals surface area contributed by atoms with E-state index in [4.69, 9.17) is 26.8 Å². The molecule has 0 bridgehead atoms. The normalized spacial score (nSPS) is 16.2. The van der Waals surface area contributed by atoms with Gasteiger partial charge >= 0.3 is 0 Å². The van der Waals surface area contributed by atoms with E-state index >= 15 is 0 Å². The molecule has 118 valence electrons. The SMILES string of the molecule is COc1cccc(Cl)c1C(CN)N(C)CCOCC1CC1. The zero-order valence-corrected chi connectivity index (χ0v) is 13.6. The minimum atomic E-state index is 0.0261. The molecule has 1 aromatic carbocycles.